The molecule has 1 aromatic carbocycles. The van der Waals surface area contributed by atoms with E-state index in [9.17, 15) is 8.42 Å². The number of aromatic nitrogens is 2. The number of benzene rings is 1. The van der Waals surface area contributed by atoms with E-state index in [4.69, 9.17) is 0 Å². The zero-order valence-corrected chi connectivity index (χ0v) is 14.7. The highest BCUT2D eigenvalue weighted by atomic mass is 32.2. The summed E-state index contributed by atoms with van der Waals surface area (Å²) in [5.74, 6) is 0.365. The first-order chi connectivity index (χ1) is 11.5. The molecule has 0 aliphatic carbocycles. The maximum absolute atomic E-state index is 11.2. The van der Waals surface area contributed by atoms with E-state index in [1.54, 1.807) is 0 Å². The van der Waals surface area contributed by atoms with Gasteiger partial charge >= 0.3 is 0 Å². The second-order valence-corrected chi connectivity index (χ2v) is 8.28. The predicted octanol–water partition coefficient (Wildman–Crippen LogP) is 1.63. The number of piperidine rings is 1. The smallest absolute Gasteiger partial charge is 0.208 e. The van der Waals surface area contributed by atoms with E-state index in [1.807, 2.05) is 47.3 Å². The molecule has 1 aliphatic heterocycles. The zero-order valence-electron chi connectivity index (χ0n) is 13.9. The third-order valence-corrected chi connectivity index (χ3v) is 4.98. The summed E-state index contributed by atoms with van der Waals surface area (Å²) in [6, 6.07) is 12.1. The number of sulfonamides is 1. The van der Waals surface area contributed by atoms with Crippen molar-refractivity contribution in [1.82, 2.24) is 19.4 Å². The lowest BCUT2D eigenvalue weighted by molar-refractivity contribution is 0.167. The molecule has 130 valence electrons. The van der Waals surface area contributed by atoms with Crippen LogP contribution >= 0.6 is 0 Å². The number of hydrogen-bond donors (Lipinski definition) is 1. The predicted molar refractivity (Wildman–Crippen MR) is 94.4 cm³/mol. The minimum Gasteiger partial charge on any atom is -0.297 e. The Morgan fingerprint density at radius 3 is 2.79 bits per heavy atom. The van der Waals surface area contributed by atoms with Gasteiger partial charge in [-0.3, -0.25) is 4.90 Å². The van der Waals surface area contributed by atoms with Crippen molar-refractivity contribution in [3.8, 4) is 5.69 Å². The maximum Gasteiger partial charge on any atom is 0.208 e. The molecular formula is C17H24N4O2S. The van der Waals surface area contributed by atoms with Gasteiger partial charge in [0.1, 0.15) is 0 Å². The van der Waals surface area contributed by atoms with Crippen LogP contribution < -0.4 is 4.72 Å². The molecule has 3 rings (SSSR count). The van der Waals surface area contributed by atoms with Crippen molar-refractivity contribution >= 4 is 10.0 Å². The minimum atomic E-state index is -3.11. The average molecular weight is 348 g/mol. The van der Waals surface area contributed by atoms with Gasteiger partial charge in [-0.2, -0.15) is 5.10 Å². The summed E-state index contributed by atoms with van der Waals surface area (Å²) in [5.41, 5.74) is 2.09. The molecule has 0 amide bonds. The third kappa shape index (κ3) is 4.90. The van der Waals surface area contributed by atoms with E-state index in [0.717, 1.165) is 43.9 Å². The van der Waals surface area contributed by atoms with Crippen LogP contribution in [0.5, 0.6) is 0 Å². The quantitative estimate of drug-likeness (QED) is 0.862. The van der Waals surface area contributed by atoms with Crippen LogP contribution in [-0.4, -0.2) is 49.0 Å². The Bertz CT molecular complexity index is 758. The molecule has 7 heteroatoms. The Labute approximate surface area is 143 Å². The molecule has 0 bridgehead atoms. The van der Waals surface area contributed by atoms with E-state index in [1.165, 1.54) is 6.26 Å². The monoisotopic (exact) mass is 348 g/mol. The van der Waals surface area contributed by atoms with Crippen molar-refractivity contribution in [2.75, 3.05) is 25.9 Å². The number of likely N-dealkylation sites (tertiary alicyclic amines) is 1. The fraction of sp³-hybridized carbons (Fsp3) is 0.471. The van der Waals surface area contributed by atoms with Gasteiger partial charge in [0, 0.05) is 25.8 Å². The number of para-hydroxylation sites is 1. The average Bonchev–Trinajstić information content (AvgIpc) is 3.02. The van der Waals surface area contributed by atoms with Gasteiger partial charge in [0.15, 0.2) is 0 Å². The second-order valence-electron chi connectivity index (χ2n) is 6.45. The van der Waals surface area contributed by atoms with Gasteiger partial charge in [-0.15, -0.1) is 0 Å². The Balaban J connectivity index is 1.57. The highest BCUT2D eigenvalue weighted by Crippen LogP contribution is 2.18. The summed E-state index contributed by atoms with van der Waals surface area (Å²) in [4.78, 5) is 2.36. The van der Waals surface area contributed by atoms with Crippen LogP contribution in [0.15, 0.2) is 42.6 Å². The summed E-state index contributed by atoms with van der Waals surface area (Å²) >= 11 is 0. The first kappa shape index (κ1) is 17.1. The van der Waals surface area contributed by atoms with Gasteiger partial charge in [0.2, 0.25) is 10.0 Å². The van der Waals surface area contributed by atoms with Crippen molar-refractivity contribution in [1.29, 1.82) is 0 Å². The largest absolute Gasteiger partial charge is 0.297 e. The maximum atomic E-state index is 11.2. The molecular weight excluding hydrogens is 324 g/mol. The first-order valence-corrected chi connectivity index (χ1v) is 10.2. The van der Waals surface area contributed by atoms with Crippen LogP contribution in [-0.2, 0) is 16.6 Å². The number of hydrogen-bond acceptors (Lipinski definition) is 4. The molecule has 0 unspecified atom stereocenters. The van der Waals surface area contributed by atoms with Crippen molar-refractivity contribution < 1.29 is 8.42 Å². The van der Waals surface area contributed by atoms with Crippen molar-refractivity contribution in [2.24, 2.45) is 5.92 Å². The summed E-state index contributed by atoms with van der Waals surface area (Å²) in [7, 11) is -3.11. The molecule has 1 aromatic heterocycles. The van der Waals surface area contributed by atoms with Crippen LogP contribution in [0.1, 0.15) is 18.5 Å². The fourth-order valence-corrected chi connectivity index (χ4v) is 3.67. The summed E-state index contributed by atoms with van der Waals surface area (Å²) < 4.78 is 27.0. The fourth-order valence-electron chi connectivity index (χ4n) is 3.13. The Kier molecular flexibility index (Phi) is 5.33. The lowest BCUT2D eigenvalue weighted by atomic mass is 9.98. The van der Waals surface area contributed by atoms with Crippen molar-refractivity contribution in [2.45, 2.75) is 19.4 Å². The van der Waals surface area contributed by atoms with Crippen LogP contribution in [0, 0.1) is 5.92 Å². The van der Waals surface area contributed by atoms with Crippen LogP contribution in [0.3, 0.4) is 0 Å². The minimum absolute atomic E-state index is 0.365. The number of rotatable bonds is 6. The Hall–Kier alpha value is -1.70. The highest BCUT2D eigenvalue weighted by molar-refractivity contribution is 7.88. The Morgan fingerprint density at radius 2 is 2.04 bits per heavy atom. The van der Waals surface area contributed by atoms with E-state index >= 15 is 0 Å². The molecule has 1 fully saturated rings. The molecule has 0 spiro atoms. The van der Waals surface area contributed by atoms with Crippen molar-refractivity contribution in [3.63, 3.8) is 0 Å². The molecule has 6 nitrogen and oxygen atoms in total. The van der Waals surface area contributed by atoms with Gasteiger partial charge in [0.05, 0.1) is 17.6 Å². The molecule has 1 aliphatic rings. The molecule has 0 radical (unpaired) electrons. The molecule has 1 atom stereocenters. The normalized spacial score (nSPS) is 19.5. The van der Waals surface area contributed by atoms with Crippen LogP contribution in [0.25, 0.3) is 5.69 Å². The third-order valence-electron chi connectivity index (χ3n) is 4.29. The lowest BCUT2D eigenvalue weighted by Gasteiger charge is -2.32. The first-order valence-electron chi connectivity index (χ1n) is 8.26. The van der Waals surface area contributed by atoms with E-state index in [2.05, 4.69) is 14.7 Å². The molecule has 24 heavy (non-hydrogen) atoms. The Morgan fingerprint density at radius 1 is 1.25 bits per heavy atom. The van der Waals surface area contributed by atoms with Crippen LogP contribution in [0.2, 0.25) is 0 Å². The van der Waals surface area contributed by atoms with E-state index in [0.29, 0.717) is 12.5 Å². The van der Waals surface area contributed by atoms with Gasteiger partial charge in [-0.1, -0.05) is 18.2 Å². The molecule has 2 aromatic rings. The van der Waals surface area contributed by atoms with Crippen LogP contribution in [0.4, 0.5) is 0 Å². The summed E-state index contributed by atoms with van der Waals surface area (Å²) in [6.07, 6.45) is 5.36. The zero-order chi connectivity index (χ0) is 17.0. The molecule has 1 saturated heterocycles. The second kappa shape index (κ2) is 7.46. The SMILES string of the molecule is CS(=O)(=O)NC[C@H]1CCCN(Cc2ccn(-c3ccccc3)n2)C1. The van der Waals surface area contributed by atoms with Gasteiger partial charge < -0.3 is 0 Å². The molecule has 2 heterocycles. The number of nitrogens with zero attached hydrogens (tertiary/aromatic N) is 3. The van der Waals surface area contributed by atoms with Gasteiger partial charge in [-0.05, 0) is 43.5 Å². The van der Waals surface area contributed by atoms with E-state index < -0.39 is 10.0 Å². The number of nitrogens with one attached hydrogen (secondary N) is 1. The lowest BCUT2D eigenvalue weighted by Crippen LogP contribution is -2.40. The van der Waals surface area contributed by atoms with Gasteiger partial charge in [-0.25, -0.2) is 17.8 Å². The standard InChI is InChI=1S/C17H24N4O2S/c1-24(22,23)18-12-15-6-5-10-20(13-15)14-16-9-11-21(19-16)17-7-3-2-4-8-17/h2-4,7-9,11,15,18H,5-6,10,12-14H2,1H3/t15-/m1/s1. The molecule has 1 N–H and O–H groups in total. The highest BCUT2D eigenvalue weighted by Gasteiger charge is 2.21. The van der Waals surface area contributed by atoms with E-state index in [-0.39, 0.29) is 0 Å². The summed E-state index contributed by atoms with van der Waals surface area (Å²) in [5, 5.41) is 4.65. The summed E-state index contributed by atoms with van der Waals surface area (Å²) in [6.45, 7) is 3.26. The van der Waals surface area contributed by atoms with Crippen molar-refractivity contribution in [3.05, 3.63) is 48.3 Å². The topological polar surface area (TPSA) is 67.2 Å². The molecule has 0 saturated carbocycles. The van der Waals surface area contributed by atoms with Gasteiger partial charge in [0.25, 0.3) is 0 Å².